The molecule has 26 heavy (non-hydrogen) atoms. The van der Waals surface area contributed by atoms with Gasteiger partial charge in [0.15, 0.2) is 5.78 Å². The van der Waals surface area contributed by atoms with Crippen molar-refractivity contribution in [2.75, 3.05) is 0 Å². The Labute approximate surface area is 152 Å². The highest BCUT2D eigenvalue weighted by molar-refractivity contribution is 6.06. The number of aromatic hydroxyl groups is 1. The minimum atomic E-state index is -0.0733. The van der Waals surface area contributed by atoms with Crippen molar-refractivity contribution < 1.29 is 14.7 Å². The molecule has 0 radical (unpaired) electrons. The van der Waals surface area contributed by atoms with Gasteiger partial charge in [-0.1, -0.05) is 30.4 Å². The van der Waals surface area contributed by atoms with Gasteiger partial charge in [0.2, 0.25) is 0 Å². The summed E-state index contributed by atoms with van der Waals surface area (Å²) in [7, 11) is 0. The van der Waals surface area contributed by atoms with Gasteiger partial charge in [0.25, 0.3) is 0 Å². The minimum Gasteiger partial charge on any atom is -0.508 e. The smallest absolute Gasteiger partial charge is 0.185 e. The Hall–Kier alpha value is -2.85. The third kappa shape index (κ3) is 3.70. The lowest BCUT2D eigenvalue weighted by Gasteiger charge is -2.19. The molecule has 4 heteroatoms. The third-order valence-corrected chi connectivity index (χ3v) is 5.07. The zero-order valence-electron chi connectivity index (χ0n) is 14.3. The molecule has 0 aliphatic heterocycles. The summed E-state index contributed by atoms with van der Waals surface area (Å²) < 4.78 is 0. The summed E-state index contributed by atoms with van der Waals surface area (Å²) >= 11 is 0. The van der Waals surface area contributed by atoms with Gasteiger partial charge in [-0.05, 0) is 72.7 Å². The monoisotopic (exact) mass is 347 g/mol. The van der Waals surface area contributed by atoms with Crippen molar-refractivity contribution in [2.24, 2.45) is 11.8 Å². The van der Waals surface area contributed by atoms with Crippen LogP contribution >= 0.6 is 0 Å². The number of hydroxylamine groups is 1. The topological polar surface area (TPSA) is 58.6 Å². The van der Waals surface area contributed by atoms with Crippen LogP contribution in [0.5, 0.6) is 11.5 Å². The molecule has 2 N–H and O–H groups in total. The number of ketones is 1. The Morgan fingerprint density at radius 1 is 1.04 bits per heavy atom. The van der Waals surface area contributed by atoms with Crippen LogP contribution in [0.25, 0.3) is 6.08 Å². The minimum absolute atomic E-state index is 0.0733. The van der Waals surface area contributed by atoms with E-state index in [1.165, 1.54) is 12.5 Å². The highest BCUT2D eigenvalue weighted by Gasteiger charge is 2.35. The van der Waals surface area contributed by atoms with E-state index < -0.39 is 0 Å². The Balaban J connectivity index is 1.32. The summed E-state index contributed by atoms with van der Waals surface area (Å²) in [5, 5.41) is 9.27. The Kier molecular flexibility index (Phi) is 4.59. The molecule has 0 amide bonds. The number of carbonyl (C=O) groups excluding carboxylic acids is 1. The van der Waals surface area contributed by atoms with Gasteiger partial charge in [0.05, 0.1) is 0 Å². The van der Waals surface area contributed by atoms with Crippen molar-refractivity contribution in [1.82, 2.24) is 5.48 Å². The summed E-state index contributed by atoms with van der Waals surface area (Å²) in [5.74, 6) is 2.11. The fraction of sp³-hybridized carbons (Fsp3) is 0.227. The van der Waals surface area contributed by atoms with E-state index in [1.54, 1.807) is 54.6 Å². The zero-order valence-corrected chi connectivity index (χ0v) is 14.3. The first-order valence-corrected chi connectivity index (χ1v) is 8.89. The number of phenolic OH excluding ortho intramolecular Hbond substituents is 1. The van der Waals surface area contributed by atoms with Gasteiger partial charge >= 0.3 is 0 Å². The molecule has 4 rings (SSSR count). The molecular weight excluding hydrogens is 326 g/mol. The molecule has 2 aromatic carbocycles. The third-order valence-electron chi connectivity index (χ3n) is 5.07. The number of fused-ring (bicyclic) bond motifs is 2. The van der Waals surface area contributed by atoms with Crippen LogP contribution in [0.4, 0.5) is 0 Å². The molecule has 3 atom stereocenters. The second-order valence-corrected chi connectivity index (χ2v) is 6.92. The highest BCUT2D eigenvalue weighted by atomic mass is 16.6. The second kappa shape index (κ2) is 7.18. The predicted molar refractivity (Wildman–Crippen MR) is 101 cm³/mol. The molecule has 4 nitrogen and oxygen atoms in total. The quantitative estimate of drug-likeness (QED) is 0.357. The van der Waals surface area contributed by atoms with Crippen LogP contribution in [0, 0.1) is 11.8 Å². The Morgan fingerprint density at radius 3 is 2.46 bits per heavy atom. The summed E-state index contributed by atoms with van der Waals surface area (Å²) in [6.07, 6.45) is 10.2. The van der Waals surface area contributed by atoms with Gasteiger partial charge in [-0.2, -0.15) is 5.48 Å². The van der Waals surface area contributed by atoms with Crippen molar-refractivity contribution in [3.63, 3.8) is 0 Å². The van der Waals surface area contributed by atoms with Gasteiger partial charge < -0.3 is 9.94 Å². The molecule has 2 aliphatic rings. The van der Waals surface area contributed by atoms with Gasteiger partial charge in [0.1, 0.15) is 11.5 Å². The van der Waals surface area contributed by atoms with Gasteiger partial charge in [-0.15, -0.1) is 0 Å². The molecule has 2 aliphatic carbocycles. The van der Waals surface area contributed by atoms with E-state index in [4.69, 9.17) is 4.84 Å². The van der Waals surface area contributed by atoms with Crippen molar-refractivity contribution in [2.45, 2.75) is 18.9 Å². The molecular formula is C22H21NO3. The first-order chi connectivity index (χ1) is 12.7. The van der Waals surface area contributed by atoms with Crippen molar-refractivity contribution in [1.29, 1.82) is 0 Å². The van der Waals surface area contributed by atoms with Crippen LogP contribution in [0.2, 0.25) is 0 Å². The summed E-state index contributed by atoms with van der Waals surface area (Å²) in [5.41, 5.74) is 4.63. The first kappa shape index (κ1) is 16.6. The van der Waals surface area contributed by atoms with Crippen LogP contribution in [0.15, 0.2) is 66.8 Å². The molecule has 1 saturated carbocycles. The van der Waals surface area contributed by atoms with E-state index in [9.17, 15) is 9.90 Å². The van der Waals surface area contributed by atoms with Gasteiger partial charge in [0, 0.05) is 11.6 Å². The summed E-state index contributed by atoms with van der Waals surface area (Å²) in [4.78, 5) is 17.9. The lowest BCUT2D eigenvalue weighted by atomic mass is 10.0. The van der Waals surface area contributed by atoms with Crippen LogP contribution in [-0.4, -0.2) is 16.9 Å². The summed E-state index contributed by atoms with van der Waals surface area (Å²) in [6, 6.07) is 14.2. The molecule has 0 spiro atoms. The van der Waals surface area contributed by atoms with E-state index in [2.05, 4.69) is 17.6 Å². The maximum atomic E-state index is 12.2. The first-order valence-electron chi connectivity index (χ1n) is 8.89. The number of allylic oxidation sites excluding steroid dienone is 2. The molecule has 2 aromatic rings. The van der Waals surface area contributed by atoms with Crippen LogP contribution in [0.1, 0.15) is 28.8 Å². The van der Waals surface area contributed by atoms with Crippen LogP contribution < -0.4 is 10.3 Å². The maximum absolute atomic E-state index is 12.2. The lowest BCUT2D eigenvalue weighted by Crippen LogP contribution is -2.35. The predicted octanol–water partition coefficient (Wildman–Crippen LogP) is 4.14. The van der Waals surface area contributed by atoms with Crippen LogP contribution in [0.3, 0.4) is 0 Å². The number of rotatable bonds is 6. The molecule has 0 aromatic heterocycles. The number of phenols is 1. The molecule has 0 saturated heterocycles. The SMILES string of the molecule is O=C(/C=C/c1ccc(O)cc1)c1ccc(ONC2CC3C=CC2C3)cc1. The highest BCUT2D eigenvalue weighted by Crippen LogP contribution is 2.38. The standard InChI is InChI=1S/C22H21NO3/c24-19-8-2-15(3-9-19)4-12-22(25)17-6-10-20(11-7-17)26-23-21-14-16-1-5-18(21)13-16/h1-12,16,18,21,23-24H,13-14H2/b12-4+. The van der Waals surface area contributed by atoms with Gasteiger partial charge in [-0.25, -0.2) is 0 Å². The molecule has 1 fully saturated rings. The molecule has 132 valence electrons. The average Bonchev–Trinajstić information content (AvgIpc) is 3.29. The van der Waals surface area contributed by atoms with E-state index in [1.807, 2.05) is 0 Å². The lowest BCUT2D eigenvalue weighted by molar-refractivity contribution is 0.104. The molecule has 0 heterocycles. The van der Waals surface area contributed by atoms with Crippen LogP contribution in [-0.2, 0) is 0 Å². The van der Waals surface area contributed by atoms with E-state index in [0.717, 1.165) is 12.0 Å². The maximum Gasteiger partial charge on any atom is 0.185 e. The van der Waals surface area contributed by atoms with Crippen molar-refractivity contribution in [3.8, 4) is 11.5 Å². The largest absolute Gasteiger partial charge is 0.508 e. The fourth-order valence-corrected chi connectivity index (χ4v) is 3.60. The Morgan fingerprint density at radius 2 is 1.81 bits per heavy atom. The number of carbonyl (C=O) groups is 1. The van der Waals surface area contributed by atoms with Crippen molar-refractivity contribution >= 4 is 11.9 Å². The molecule has 2 bridgehead atoms. The number of nitrogens with one attached hydrogen (secondary N) is 1. The summed E-state index contributed by atoms with van der Waals surface area (Å²) in [6.45, 7) is 0. The molecule has 3 unspecified atom stereocenters. The van der Waals surface area contributed by atoms with Crippen molar-refractivity contribution in [3.05, 3.63) is 77.9 Å². The average molecular weight is 347 g/mol. The van der Waals surface area contributed by atoms with Gasteiger partial charge in [-0.3, -0.25) is 4.79 Å². The zero-order chi connectivity index (χ0) is 17.9. The van der Waals surface area contributed by atoms with E-state index in [-0.39, 0.29) is 11.5 Å². The number of hydrogen-bond acceptors (Lipinski definition) is 4. The van der Waals surface area contributed by atoms with E-state index in [0.29, 0.717) is 29.2 Å². The second-order valence-electron chi connectivity index (χ2n) is 6.92. The number of hydrogen-bond donors (Lipinski definition) is 2. The fourth-order valence-electron chi connectivity index (χ4n) is 3.60. The van der Waals surface area contributed by atoms with E-state index >= 15 is 0 Å². The number of benzene rings is 2. The normalized spacial score (nSPS) is 23.6. The Bertz CT molecular complexity index is 837.